The molecule has 2 bridgehead atoms. The molecule has 2 aliphatic rings. The fraction of sp³-hybridized carbons (Fsp3) is 0.368. The van der Waals surface area contributed by atoms with Gasteiger partial charge in [-0.15, -0.1) is 0 Å². The number of para-hydroxylation sites is 2. The molecule has 3 aromatic rings. The summed E-state index contributed by atoms with van der Waals surface area (Å²) in [4.78, 5) is 24.1. The third kappa shape index (κ3) is 2.40. The SMILES string of the molecule is O=C(c1cnc2ccccc2n1)N1C2CCC1CC(n1cccn1)C2. The second-order valence-electron chi connectivity index (χ2n) is 6.95. The van der Waals surface area contributed by atoms with Crippen LogP contribution >= 0.6 is 0 Å². The quantitative estimate of drug-likeness (QED) is 0.723. The molecule has 2 atom stereocenters. The summed E-state index contributed by atoms with van der Waals surface area (Å²) in [6.07, 6.45) is 9.52. The number of fused-ring (bicyclic) bond motifs is 3. The van der Waals surface area contributed by atoms with E-state index in [4.69, 9.17) is 0 Å². The summed E-state index contributed by atoms with van der Waals surface area (Å²) in [6.45, 7) is 0. The fourth-order valence-electron chi connectivity index (χ4n) is 4.39. The highest BCUT2D eigenvalue weighted by molar-refractivity contribution is 5.94. The molecule has 4 heterocycles. The number of hydrogen-bond donors (Lipinski definition) is 0. The summed E-state index contributed by atoms with van der Waals surface area (Å²) < 4.78 is 2.04. The van der Waals surface area contributed by atoms with Crippen molar-refractivity contribution in [3.8, 4) is 0 Å². The Morgan fingerprint density at radius 2 is 1.76 bits per heavy atom. The maximum Gasteiger partial charge on any atom is 0.274 e. The van der Waals surface area contributed by atoms with E-state index in [0.717, 1.165) is 36.7 Å². The largest absolute Gasteiger partial charge is 0.331 e. The van der Waals surface area contributed by atoms with Crippen LogP contribution in [0.15, 0.2) is 48.9 Å². The molecule has 126 valence electrons. The Bertz CT molecular complexity index is 908. The molecular weight excluding hydrogens is 314 g/mol. The summed E-state index contributed by atoms with van der Waals surface area (Å²) in [5.74, 6) is 0.0182. The molecule has 0 aliphatic carbocycles. The van der Waals surface area contributed by atoms with Gasteiger partial charge in [0.05, 0.1) is 23.3 Å². The standard InChI is InChI=1S/C19H19N5O/c25-19(18-12-20-16-4-1-2-5-17(16)22-18)24-13-6-7-14(24)11-15(10-13)23-9-3-8-21-23/h1-5,8-9,12-15H,6-7,10-11H2. The van der Waals surface area contributed by atoms with E-state index >= 15 is 0 Å². The van der Waals surface area contributed by atoms with Gasteiger partial charge < -0.3 is 4.90 Å². The Hall–Kier alpha value is -2.76. The van der Waals surface area contributed by atoms with E-state index in [0.29, 0.717) is 11.7 Å². The van der Waals surface area contributed by atoms with Gasteiger partial charge in [0, 0.05) is 24.5 Å². The third-order valence-electron chi connectivity index (χ3n) is 5.51. The molecule has 2 unspecified atom stereocenters. The molecule has 2 aromatic heterocycles. The topological polar surface area (TPSA) is 63.9 Å². The van der Waals surface area contributed by atoms with Gasteiger partial charge in [-0.3, -0.25) is 14.5 Å². The van der Waals surface area contributed by atoms with Crippen LogP contribution in [0.3, 0.4) is 0 Å². The van der Waals surface area contributed by atoms with Crippen LogP contribution in [-0.4, -0.2) is 42.6 Å². The van der Waals surface area contributed by atoms with Crippen molar-refractivity contribution < 1.29 is 4.79 Å². The van der Waals surface area contributed by atoms with Crippen molar-refractivity contribution in [1.82, 2.24) is 24.6 Å². The van der Waals surface area contributed by atoms with Crippen molar-refractivity contribution in [2.45, 2.75) is 43.8 Å². The molecule has 0 radical (unpaired) electrons. The van der Waals surface area contributed by atoms with E-state index in [1.165, 1.54) is 0 Å². The van der Waals surface area contributed by atoms with Crippen LogP contribution in [0, 0.1) is 0 Å². The molecule has 5 rings (SSSR count). The summed E-state index contributed by atoms with van der Waals surface area (Å²) >= 11 is 0. The molecular formula is C19H19N5O. The first-order chi connectivity index (χ1) is 12.3. The highest BCUT2D eigenvalue weighted by Gasteiger charge is 2.44. The average Bonchev–Trinajstić information content (AvgIpc) is 3.27. The van der Waals surface area contributed by atoms with Gasteiger partial charge in [0.15, 0.2) is 0 Å². The van der Waals surface area contributed by atoms with Crippen molar-refractivity contribution in [1.29, 1.82) is 0 Å². The summed E-state index contributed by atoms with van der Waals surface area (Å²) in [7, 11) is 0. The predicted octanol–water partition coefficient (Wildman–Crippen LogP) is 2.83. The lowest BCUT2D eigenvalue weighted by atomic mass is 9.97. The Morgan fingerprint density at radius 3 is 2.48 bits per heavy atom. The number of carbonyl (C=O) groups excluding carboxylic acids is 1. The molecule has 0 N–H and O–H groups in total. The minimum atomic E-state index is 0.0182. The number of aromatic nitrogens is 4. The van der Waals surface area contributed by atoms with Crippen LogP contribution in [-0.2, 0) is 0 Å². The highest BCUT2D eigenvalue weighted by Crippen LogP contribution is 2.41. The molecule has 0 spiro atoms. The highest BCUT2D eigenvalue weighted by atomic mass is 16.2. The Balaban J connectivity index is 1.42. The number of piperidine rings is 1. The van der Waals surface area contributed by atoms with Gasteiger partial charge in [0.2, 0.25) is 0 Å². The summed E-state index contributed by atoms with van der Waals surface area (Å²) in [5, 5.41) is 4.39. The van der Waals surface area contributed by atoms with Crippen molar-refractivity contribution in [3.63, 3.8) is 0 Å². The van der Waals surface area contributed by atoms with Crippen LogP contribution in [0.5, 0.6) is 0 Å². The molecule has 2 aliphatic heterocycles. The molecule has 6 nitrogen and oxygen atoms in total. The van der Waals surface area contributed by atoms with E-state index in [1.54, 1.807) is 6.20 Å². The van der Waals surface area contributed by atoms with Crippen molar-refractivity contribution >= 4 is 16.9 Å². The molecule has 1 amide bonds. The number of hydrogen-bond acceptors (Lipinski definition) is 4. The van der Waals surface area contributed by atoms with Gasteiger partial charge in [-0.25, -0.2) is 4.98 Å². The second kappa shape index (κ2) is 5.65. The molecule has 25 heavy (non-hydrogen) atoms. The lowest BCUT2D eigenvalue weighted by Gasteiger charge is -2.38. The second-order valence-corrected chi connectivity index (χ2v) is 6.95. The molecule has 6 heteroatoms. The van der Waals surface area contributed by atoms with Gasteiger partial charge in [-0.2, -0.15) is 5.10 Å². The van der Waals surface area contributed by atoms with Crippen molar-refractivity contribution in [2.24, 2.45) is 0 Å². The van der Waals surface area contributed by atoms with Gasteiger partial charge in [-0.05, 0) is 43.9 Å². The van der Waals surface area contributed by atoms with E-state index < -0.39 is 0 Å². The van der Waals surface area contributed by atoms with E-state index in [2.05, 4.69) is 20.0 Å². The number of amides is 1. The average molecular weight is 333 g/mol. The minimum absolute atomic E-state index is 0.0182. The molecule has 1 aromatic carbocycles. The monoisotopic (exact) mass is 333 g/mol. The molecule has 0 saturated carbocycles. The first kappa shape index (κ1) is 14.6. The first-order valence-electron chi connectivity index (χ1n) is 8.83. The zero-order valence-corrected chi connectivity index (χ0v) is 13.8. The Labute approximate surface area is 145 Å². The van der Waals surface area contributed by atoms with Gasteiger partial charge >= 0.3 is 0 Å². The van der Waals surface area contributed by atoms with E-state index in [1.807, 2.05) is 47.4 Å². The van der Waals surface area contributed by atoms with Gasteiger partial charge in [0.25, 0.3) is 5.91 Å². The van der Waals surface area contributed by atoms with Crippen LogP contribution in [0.25, 0.3) is 11.0 Å². The maximum absolute atomic E-state index is 13.1. The van der Waals surface area contributed by atoms with Gasteiger partial charge in [-0.1, -0.05) is 12.1 Å². The van der Waals surface area contributed by atoms with Crippen LogP contribution in [0.2, 0.25) is 0 Å². The lowest BCUT2D eigenvalue weighted by Crippen LogP contribution is -2.47. The predicted molar refractivity (Wildman–Crippen MR) is 93.0 cm³/mol. The number of benzene rings is 1. The van der Waals surface area contributed by atoms with Crippen LogP contribution < -0.4 is 0 Å². The maximum atomic E-state index is 13.1. The van der Waals surface area contributed by atoms with Crippen LogP contribution in [0.1, 0.15) is 42.2 Å². The zero-order valence-electron chi connectivity index (χ0n) is 13.8. The molecule has 2 saturated heterocycles. The smallest absolute Gasteiger partial charge is 0.274 e. The third-order valence-corrected chi connectivity index (χ3v) is 5.51. The van der Waals surface area contributed by atoms with Crippen LogP contribution in [0.4, 0.5) is 0 Å². The minimum Gasteiger partial charge on any atom is -0.331 e. The van der Waals surface area contributed by atoms with E-state index in [9.17, 15) is 4.79 Å². The number of rotatable bonds is 2. The van der Waals surface area contributed by atoms with E-state index in [-0.39, 0.29) is 18.0 Å². The van der Waals surface area contributed by atoms with Crippen molar-refractivity contribution in [2.75, 3.05) is 0 Å². The first-order valence-corrected chi connectivity index (χ1v) is 8.83. The normalized spacial score (nSPS) is 25.4. The summed E-state index contributed by atoms with van der Waals surface area (Å²) in [6, 6.07) is 10.6. The zero-order chi connectivity index (χ0) is 16.8. The Kier molecular flexibility index (Phi) is 3.29. The number of nitrogens with zero attached hydrogens (tertiary/aromatic N) is 5. The summed E-state index contributed by atoms with van der Waals surface area (Å²) in [5.41, 5.74) is 2.04. The fourth-order valence-corrected chi connectivity index (χ4v) is 4.39. The number of carbonyl (C=O) groups is 1. The van der Waals surface area contributed by atoms with Gasteiger partial charge in [0.1, 0.15) is 5.69 Å². The lowest BCUT2D eigenvalue weighted by molar-refractivity contribution is 0.0518. The molecule has 2 fully saturated rings. The van der Waals surface area contributed by atoms with Crippen molar-refractivity contribution in [3.05, 3.63) is 54.6 Å². The Morgan fingerprint density at radius 1 is 1.00 bits per heavy atom.